The van der Waals surface area contributed by atoms with Gasteiger partial charge < -0.3 is 15.0 Å². The number of rotatable bonds is 0. The van der Waals surface area contributed by atoms with Crippen LogP contribution in [0.4, 0.5) is 0 Å². The predicted octanol–water partition coefficient (Wildman–Crippen LogP) is 0.973. The van der Waals surface area contributed by atoms with Crippen LogP contribution >= 0.6 is 0 Å². The van der Waals surface area contributed by atoms with E-state index in [4.69, 9.17) is 4.74 Å². The summed E-state index contributed by atoms with van der Waals surface area (Å²) in [4.78, 5) is 2.41. The van der Waals surface area contributed by atoms with Gasteiger partial charge in [-0.15, -0.1) is 0 Å². The second-order valence-electron chi connectivity index (χ2n) is 5.53. The van der Waals surface area contributed by atoms with Crippen molar-refractivity contribution >= 4 is 0 Å². The topological polar surface area (TPSA) is 24.5 Å². The van der Waals surface area contributed by atoms with Crippen molar-refractivity contribution in [2.24, 2.45) is 5.92 Å². The summed E-state index contributed by atoms with van der Waals surface area (Å²) in [6, 6.07) is 0. The first-order valence-corrected chi connectivity index (χ1v) is 5.93. The Balaban J connectivity index is 2.02. The second-order valence-corrected chi connectivity index (χ2v) is 5.53. The summed E-state index contributed by atoms with van der Waals surface area (Å²) in [7, 11) is 2.21. The monoisotopic (exact) mass is 208 g/mol. The van der Waals surface area contributed by atoms with E-state index < -0.39 is 0 Å². The predicted molar refractivity (Wildman–Crippen MR) is 59.6 cm³/mol. The average Bonchev–Trinajstić information content (AvgIpc) is 2.58. The van der Waals surface area contributed by atoms with Crippen molar-refractivity contribution in [2.75, 3.05) is 26.7 Å². The third-order valence-corrected chi connectivity index (χ3v) is 3.95. The van der Waals surface area contributed by atoms with Crippen LogP contribution in [0.2, 0.25) is 0 Å². The molecule has 0 aromatic carbocycles. The highest BCUT2D eigenvalue weighted by molar-refractivity contribution is 5.35. The van der Waals surface area contributed by atoms with E-state index in [9.17, 15) is 0 Å². The Labute approximate surface area is 91.5 Å². The van der Waals surface area contributed by atoms with E-state index in [1.165, 1.54) is 24.2 Å². The van der Waals surface area contributed by atoms with E-state index in [0.29, 0.717) is 6.10 Å². The fraction of sp³-hybridized carbons (Fsp3) is 0.833. The molecule has 2 fully saturated rings. The molecular weight excluding hydrogens is 188 g/mol. The van der Waals surface area contributed by atoms with Gasteiger partial charge in [-0.3, -0.25) is 0 Å². The van der Waals surface area contributed by atoms with Crippen LogP contribution < -0.4 is 5.32 Å². The van der Waals surface area contributed by atoms with Crippen LogP contribution in [0.25, 0.3) is 0 Å². The molecule has 3 heteroatoms. The van der Waals surface area contributed by atoms with Crippen molar-refractivity contribution in [3.8, 4) is 0 Å². The highest BCUT2D eigenvalue weighted by Crippen LogP contribution is 2.45. The Hall–Kier alpha value is -0.540. The molecule has 1 N–H and O–H groups in total. The van der Waals surface area contributed by atoms with Gasteiger partial charge in [-0.2, -0.15) is 0 Å². The minimum atomic E-state index is -0.00544. The van der Waals surface area contributed by atoms with E-state index in [-0.39, 0.29) is 5.60 Å². The molecule has 0 radical (unpaired) electrons. The molecule has 0 aromatic rings. The number of nitrogens with zero attached hydrogens (tertiary/aromatic N) is 1. The van der Waals surface area contributed by atoms with Crippen molar-refractivity contribution in [3.63, 3.8) is 0 Å². The van der Waals surface area contributed by atoms with Crippen molar-refractivity contribution < 1.29 is 4.74 Å². The molecule has 3 nitrogen and oxygen atoms in total. The van der Waals surface area contributed by atoms with E-state index in [0.717, 1.165) is 19.0 Å². The molecule has 84 valence electrons. The average molecular weight is 208 g/mol. The van der Waals surface area contributed by atoms with Gasteiger partial charge in [0.25, 0.3) is 0 Å². The van der Waals surface area contributed by atoms with Gasteiger partial charge in [0.1, 0.15) is 5.60 Å². The Bertz CT molecular complexity index is 326. The minimum absolute atomic E-state index is 0.00544. The number of likely N-dealkylation sites (tertiary alicyclic amines) is 1. The van der Waals surface area contributed by atoms with E-state index in [2.05, 4.69) is 31.1 Å². The zero-order valence-corrected chi connectivity index (χ0v) is 9.84. The molecule has 0 bridgehead atoms. The van der Waals surface area contributed by atoms with E-state index in [1.54, 1.807) is 0 Å². The minimum Gasteiger partial charge on any atom is -0.375 e. The smallest absolute Gasteiger partial charge is 0.106 e. The molecule has 3 atom stereocenters. The van der Waals surface area contributed by atoms with Crippen LogP contribution in [-0.4, -0.2) is 43.3 Å². The van der Waals surface area contributed by atoms with Crippen molar-refractivity contribution in [1.29, 1.82) is 0 Å². The Morgan fingerprint density at radius 3 is 3.13 bits per heavy atom. The Morgan fingerprint density at radius 1 is 1.53 bits per heavy atom. The third kappa shape index (κ3) is 1.26. The Morgan fingerprint density at radius 2 is 2.33 bits per heavy atom. The molecule has 0 aliphatic carbocycles. The standard InChI is InChI=1S/C12H20N2O/c1-8-4-12(2)11(14(3)7-8)9-5-13-6-10(9)15-12/h8,10,13H,4-7H2,1-3H3. The number of likely N-dealkylation sites (N-methyl/N-ethyl adjacent to an activating group) is 1. The highest BCUT2D eigenvalue weighted by atomic mass is 16.5. The van der Waals surface area contributed by atoms with Crippen LogP contribution in [-0.2, 0) is 4.74 Å². The van der Waals surface area contributed by atoms with Gasteiger partial charge in [-0.05, 0) is 24.8 Å². The number of ether oxygens (including phenoxy) is 1. The molecule has 15 heavy (non-hydrogen) atoms. The molecule has 3 rings (SSSR count). The van der Waals surface area contributed by atoms with Crippen molar-refractivity contribution in [3.05, 3.63) is 11.3 Å². The molecular formula is C12H20N2O. The van der Waals surface area contributed by atoms with E-state index in [1.807, 2.05) is 0 Å². The molecule has 3 aliphatic heterocycles. The molecule has 0 amide bonds. The van der Waals surface area contributed by atoms with E-state index >= 15 is 0 Å². The van der Waals surface area contributed by atoms with Crippen LogP contribution in [0.3, 0.4) is 0 Å². The first-order chi connectivity index (χ1) is 7.10. The first kappa shape index (κ1) is 9.67. The van der Waals surface area contributed by atoms with Crippen LogP contribution in [0.5, 0.6) is 0 Å². The van der Waals surface area contributed by atoms with Gasteiger partial charge in [-0.25, -0.2) is 0 Å². The van der Waals surface area contributed by atoms with Crippen LogP contribution in [0.1, 0.15) is 20.3 Å². The van der Waals surface area contributed by atoms with Crippen molar-refractivity contribution in [2.45, 2.75) is 32.0 Å². The maximum absolute atomic E-state index is 6.24. The fourth-order valence-corrected chi connectivity index (χ4v) is 3.72. The lowest BCUT2D eigenvalue weighted by Gasteiger charge is -2.42. The molecule has 0 spiro atoms. The molecule has 3 unspecified atom stereocenters. The number of hydrogen-bond donors (Lipinski definition) is 1. The number of fused-ring (bicyclic) bond motifs is 2. The fourth-order valence-electron chi connectivity index (χ4n) is 3.72. The summed E-state index contributed by atoms with van der Waals surface area (Å²) in [6.07, 6.45) is 1.52. The lowest BCUT2D eigenvalue weighted by molar-refractivity contribution is -0.0537. The summed E-state index contributed by atoms with van der Waals surface area (Å²) < 4.78 is 6.24. The number of hydrogen-bond acceptors (Lipinski definition) is 3. The quantitative estimate of drug-likeness (QED) is 0.642. The lowest BCUT2D eigenvalue weighted by atomic mass is 9.84. The largest absolute Gasteiger partial charge is 0.375 e. The summed E-state index contributed by atoms with van der Waals surface area (Å²) in [6.45, 7) is 7.77. The maximum Gasteiger partial charge on any atom is 0.106 e. The summed E-state index contributed by atoms with van der Waals surface area (Å²) in [5.41, 5.74) is 2.97. The van der Waals surface area contributed by atoms with Gasteiger partial charge in [0, 0.05) is 32.4 Å². The number of nitrogens with one attached hydrogen (secondary N) is 1. The summed E-state index contributed by atoms with van der Waals surface area (Å²) in [5.74, 6) is 0.733. The van der Waals surface area contributed by atoms with Gasteiger partial charge in [0.2, 0.25) is 0 Å². The second kappa shape index (κ2) is 2.98. The zero-order valence-electron chi connectivity index (χ0n) is 9.84. The van der Waals surface area contributed by atoms with Gasteiger partial charge >= 0.3 is 0 Å². The number of piperidine rings is 1. The van der Waals surface area contributed by atoms with Gasteiger partial charge in [-0.1, -0.05) is 6.92 Å². The molecule has 3 aliphatic rings. The normalized spacial score (nSPS) is 44.6. The van der Waals surface area contributed by atoms with Gasteiger partial charge in [0.15, 0.2) is 0 Å². The lowest BCUT2D eigenvalue weighted by Crippen LogP contribution is -2.46. The zero-order chi connectivity index (χ0) is 10.6. The maximum atomic E-state index is 6.24. The van der Waals surface area contributed by atoms with Crippen LogP contribution in [0, 0.1) is 5.92 Å². The summed E-state index contributed by atoms with van der Waals surface area (Å²) >= 11 is 0. The van der Waals surface area contributed by atoms with Crippen LogP contribution in [0.15, 0.2) is 11.3 Å². The molecule has 3 heterocycles. The molecule has 2 saturated heterocycles. The van der Waals surface area contributed by atoms with Gasteiger partial charge in [0.05, 0.1) is 6.10 Å². The molecule has 0 saturated carbocycles. The Kier molecular flexibility index (Phi) is 1.92. The third-order valence-electron chi connectivity index (χ3n) is 3.95. The summed E-state index contributed by atoms with van der Waals surface area (Å²) in [5, 5.41) is 3.40. The SMILES string of the molecule is CC1CN(C)C2=C3CNCC3OC2(C)C1. The first-order valence-electron chi connectivity index (χ1n) is 5.93. The van der Waals surface area contributed by atoms with Crippen molar-refractivity contribution in [1.82, 2.24) is 10.2 Å². The highest BCUT2D eigenvalue weighted by Gasteiger charge is 2.49. The molecule has 0 aromatic heterocycles.